The number of hydrogen-bond donors (Lipinski definition) is 2. The number of nitrogens with zero attached hydrogens (tertiary/aromatic N) is 3. The van der Waals surface area contributed by atoms with Gasteiger partial charge in [-0.1, -0.05) is 65.8 Å². The molecule has 5 rings (SSSR count). The van der Waals surface area contributed by atoms with Crippen LogP contribution in [0.4, 0.5) is 5.69 Å². The lowest BCUT2D eigenvalue weighted by molar-refractivity contribution is -0.116. The van der Waals surface area contributed by atoms with Gasteiger partial charge in [-0.25, -0.2) is 4.68 Å². The minimum absolute atomic E-state index is 0.144. The highest BCUT2D eigenvalue weighted by atomic mass is 35.5. The summed E-state index contributed by atoms with van der Waals surface area (Å²) in [6, 6.07) is 24.3. The zero-order valence-corrected chi connectivity index (χ0v) is 19.9. The Morgan fingerprint density at radius 3 is 2.50 bits per heavy atom. The van der Waals surface area contributed by atoms with Crippen molar-refractivity contribution in [1.82, 2.24) is 14.9 Å². The van der Waals surface area contributed by atoms with E-state index in [1.165, 1.54) is 11.8 Å². The van der Waals surface area contributed by atoms with E-state index < -0.39 is 5.25 Å². The van der Waals surface area contributed by atoms with Gasteiger partial charge in [0.15, 0.2) is 5.82 Å². The lowest BCUT2D eigenvalue weighted by Gasteiger charge is -2.33. The van der Waals surface area contributed by atoms with Gasteiger partial charge in [0.2, 0.25) is 11.1 Å². The highest BCUT2D eigenvalue weighted by molar-refractivity contribution is 8.00. The Hall–Kier alpha value is -3.49. The van der Waals surface area contributed by atoms with Gasteiger partial charge in [0.1, 0.15) is 11.0 Å². The van der Waals surface area contributed by atoms with Crippen LogP contribution in [-0.4, -0.2) is 32.6 Å². The van der Waals surface area contributed by atoms with Gasteiger partial charge in [-0.15, -0.1) is 10.2 Å². The largest absolute Gasteiger partial charge is 0.494 e. The Morgan fingerprint density at radius 2 is 1.79 bits per heavy atom. The number of amides is 1. The van der Waals surface area contributed by atoms with Crippen LogP contribution < -0.4 is 15.5 Å². The maximum absolute atomic E-state index is 13.4. The molecule has 1 aromatic heterocycles. The van der Waals surface area contributed by atoms with Crippen molar-refractivity contribution in [2.75, 3.05) is 17.3 Å². The molecule has 0 spiro atoms. The molecule has 7 nitrogen and oxygen atoms in total. The quantitative estimate of drug-likeness (QED) is 0.376. The summed E-state index contributed by atoms with van der Waals surface area (Å²) < 4.78 is 7.45. The van der Waals surface area contributed by atoms with Gasteiger partial charge in [-0.05, 0) is 48.9 Å². The summed E-state index contributed by atoms with van der Waals surface area (Å²) in [5, 5.41) is 12.5. The second-order valence-electron chi connectivity index (χ2n) is 7.65. The fourth-order valence-corrected chi connectivity index (χ4v) is 4.97. The summed E-state index contributed by atoms with van der Waals surface area (Å²) in [6.07, 6.45) is 0. The maximum Gasteiger partial charge on any atom is 0.240 e. The van der Waals surface area contributed by atoms with E-state index >= 15 is 0 Å². The molecule has 0 unspecified atom stereocenters. The lowest BCUT2D eigenvalue weighted by atomic mass is 10.0. The van der Waals surface area contributed by atoms with Crippen molar-refractivity contribution in [3.63, 3.8) is 0 Å². The number of hydrogen-bond acceptors (Lipinski definition) is 6. The molecule has 0 aliphatic carbocycles. The standard InChI is InChI=1S/C25H22ClN5O2S/c1-2-33-20-14-8-16(9-15-20)21-22(24(32)27-19-12-10-18(26)11-13-19)34-25-29-28-23(31(25)30-21)17-6-4-3-5-7-17/h3-15,21-22,30H,2H2,1H3,(H,27,32)/t21-,22+/m1/s1. The summed E-state index contributed by atoms with van der Waals surface area (Å²) in [5.74, 6) is 1.33. The topological polar surface area (TPSA) is 81.1 Å². The van der Waals surface area contributed by atoms with Crippen molar-refractivity contribution in [3.05, 3.63) is 89.4 Å². The van der Waals surface area contributed by atoms with Crippen molar-refractivity contribution in [1.29, 1.82) is 0 Å². The third-order valence-electron chi connectivity index (χ3n) is 5.39. The zero-order valence-electron chi connectivity index (χ0n) is 18.3. The summed E-state index contributed by atoms with van der Waals surface area (Å²) in [4.78, 5) is 13.4. The average Bonchev–Trinajstić information content (AvgIpc) is 3.29. The molecule has 0 bridgehead atoms. The molecule has 172 valence electrons. The van der Waals surface area contributed by atoms with Gasteiger partial charge in [0, 0.05) is 16.3 Å². The van der Waals surface area contributed by atoms with Gasteiger partial charge in [-0.2, -0.15) is 0 Å². The average molecular weight is 492 g/mol. The number of fused-ring (bicyclic) bond motifs is 1. The van der Waals surface area contributed by atoms with Gasteiger partial charge >= 0.3 is 0 Å². The Kier molecular flexibility index (Phi) is 6.42. The van der Waals surface area contributed by atoms with Crippen molar-refractivity contribution < 1.29 is 9.53 Å². The number of rotatable bonds is 6. The van der Waals surface area contributed by atoms with Crippen LogP contribution in [0.5, 0.6) is 5.75 Å². The number of carbonyl (C=O) groups is 1. The maximum atomic E-state index is 13.4. The zero-order chi connectivity index (χ0) is 23.5. The smallest absolute Gasteiger partial charge is 0.240 e. The predicted octanol–water partition coefficient (Wildman–Crippen LogP) is 5.40. The number of thioether (sulfide) groups is 1. The summed E-state index contributed by atoms with van der Waals surface area (Å²) in [5.41, 5.74) is 6.05. The molecule has 0 saturated heterocycles. The molecule has 2 atom stereocenters. The normalized spacial score (nSPS) is 16.9. The SMILES string of the molecule is CCOc1ccc([C@H]2Nn3c(nnc3-c3ccccc3)S[C@@H]2C(=O)Nc2ccc(Cl)cc2)cc1. The number of carbonyl (C=O) groups excluding carboxylic acids is 1. The fraction of sp³-hybridized carbons (Fsp3) is 0.160. The van der Waals surface area contributed by atoms with E-state index in [2.05, 4.69) is 20.9 Å². The minimum atomic E-state index is -0.492. The predicted molar refractivity (Wildman–Crippen MR) is 135 cm³/mol. The number of benzene rings is 3. The molecule has 0 fully saturated rings. The van der Waals surface area contributed by atoms with Crippen molar-refractivity contribution in [2.45, 2.75) is 23.4 Å². The molecule has 2 N–H and O–H groups in total. The van der Waals surface area contributed by atoms with Crippen LogP contribution in [0.15, 0.2) is 84.0 Å². The first-order valence-electron chi connectivity index (χ1n) is 10.9. The summed E-state index contributed by atoms with van der Waals surface area (Å²) >= 11 is 7.37. The van der Waals surface area contributed by atoms with Gasteiger partial charge in [0.25, 0.3) is 0 Å². The number of aromatic nitrogens is 3. The first-order valence-corrected chi connectivity index (χ1v) is 12.1. The Morgan fingerprint density at radius 1 is 1.06 bits per heavy atom. The monoisotopic (exact) mass is 491 g/mol. The van der Waals surface area contributed by atoms with E-state index in [1.807, 2.05) is 66.2 Å². The molecule has 1 aliphatic heterocycles. The Balaban J connectivity index is 1.49. The molecule has 2 heterocycles. The fourth-order valence-electron chi connectivity index (χ4n) is 3.76. The Bertz CT molecular complexity index is 1280. The molecule has 0 radical (unpaired) electrons. The van der Waals surface area contributed by atoms with Crippen LogP contribution in [0.3, 0.4) is 0 Å². The van der Waals surface area contributed by atoms with E-state index in [0.717, 1.165) is 16.9 Å². The summed E-state index contributed by atoms with van der Waals surface area (Å²) in [6.45, 7) is 2.54. The van der Waals surface area contributed by atoms with E-state index in [-0.39, 0.29) is 11.9 Å². The lowest BCUT2D eigenvalue weighted by Crippen LogP contribution is -2.41. The Labute approximate surface area is 206 Å². The molecular weight excluding hydrogens is 470 g/mol. The molecule has 3 aromatic carbocycles. The molecule has 9 heteroatoms. The van der Waals surface area contributed by atoms with Crippen LogP contribution in [0, 0.1) is 0 Å². The summed E-state index contributed by atoms with van der Waals surface area (Å²) in [7, 11) is 0. The van der Waals surface area contributed by atoms with Gasteiger partial charge < -0.3 is 15.5 Å². The van der Waals surface area contributed by atoms with Crippen LogP contribution in [0.25, 0.3) is 11.4 Å². The highest BCUT2D eigenvalue weighted by Crippen LogP contribution is 2.39. The number of ether oxygens (including phenoxy) is 1. The highest BCUT2D eigenvalue weighted by Gasteiger charge is 2.38. The van der Waals surface area contributed by atoms with E-state index in [4.69, 9.17) is 16.3 Å². The van der Waals surface area contributed by atoms with Crippen molar-refractivity contribution in [3.8, 4) is 17.1 Å². The molecule has 34 heavy (non-hydrogen) atoms. The van der Waals surface area contributed by atoms with E-state index in [0.29, 0.717) is 28.3 Å². The van der Waals surface area contributed by atoms with Crippen LogP contribution in [-0.2, 0) is 4.79 Å². The second kappa shape index (κ2) is 9.79. The first kappa shape index (κ1) is 22.3. The van der Waals surface area contributed by atoms with E-state index in [9.17, 15) is 4.79 Å². The third kappa shape index (κ3) is 4.60. The number of anilines is 1. The van der Waals surface area contributed by atoms with Crippen molar-refractivity contribution in [2.24, 2.45) is 0 Å². The van der Waals surface area contributed by atoms with Crippen molar-refractivity contribution >= 4 is 35.0 Å². The van der Waals surface area contributed by atoms with Crippen LogP contribution >= 0.6 is 23.4 Å². The van der Waals surface area contributed by atoms with E-state index in [1.54, 1.807) is 24.3 Å². The van der Waals surface area contributed by atoms with Gasteiger partial charge in [0.05, 0.1) is 12.6 Å². The van der Waals surface area contributed by atoms with Crippen LogP contribution in [0.1, 0.15) is 18.5 Å². The van der Waals surface area contributed by atoms with Gasteiger partial charge in [-0.3, -0.25) is 4.79 Å². The van der Waals surface area contributed by atoms with Crippen LogP contribution in [0.2, 0.25) is 5.02 Å². The number of nitrogens with one attached hydrogen (secondary N) is 2. The molecule has 4 aromatic rings. The minimum Gasteiger partial charge on any atom is -0.494 e. The first-order chi connectivity index (χ1) is 16.6. The molecule has 0 saturated carbocycles. The third-order valence-corrected chi connectivity index (χ3v) is 6.86. The molecular formula is C25H22ClN5O2S. The second-order valence-corrected chi connectivity index (χ2v) is 9.20. The molecule has 1 aliphatic rings. The molecule has 1 amide bonds. The number of halogens is 1.